The predicted octanol–water partition coefficient (Wildman–Crippen LogP) is 3.50. The maximum absolute atomic E-state index is 13.0. The molecule has 1 N–H and O–H groups in total. The third-order valence-electron chi connectivity index (χ3n) is 5.15. The normalized spacial score (nSPS) is 17.7. The van der Waals surface area contributed by atoms with Crippen molar-refractivity contribution in [2.24, 2.45) is 5.92 Å². The summed E-state index contributed by atoms with van der Waals surface area (Å²) in [5.74, 6) is 0.299. The summed E-state index contributed by atoms with van der Waals surface area (Å²) in [7, 11) is -3.59. The van der Waals surface area contributed by atoms with E-state index in [9.17, 15) is 13.2 Å². The molecule has 1 heterocycles. The van der Waals surface area contributed by atoms with E-state index in [1.54, 1.807) is 24.3 Å². The first-order chi connectivity index (χ1) is 14.3. The Balaban J connectivity index is 1.61. The lowest BCUT2D eigenvalue weighted by molar-refractivity contribution is -0.126. The summed E-state index contributed by atoms with van der Waals surface area (Å²) in [4.78, 5) is 13.0. The fraction of sp³-hybridized carbons (Fsp3) is 0.435. The molecular formula is C23H30N2O4S. The highest BCUT2D eigenvalue weighted by atomic mass is 32.2. The largest absolute Gasteiger partial charge is 0.491 e. The van der Waals surface area contributed by atoms with Crippen molar-refractivity contribution in [2.75, 3.05) is 13.1 Å². The van der Waals surface area contributed by atoms with Gasteiger partial charge in [0.1, 0.15) is 5.75 Å². The van der Waals surface area contributed by atoms with E-state index >= 15 is 0 Å². The topological polar surface area (TPSA) is 75.7 Å². The molecule has 0 unspecified atom stereocenters. The summed E-state index contributed by atoms with van der Waals surface area (Å²) in [6.07, 6.45) is 1.43. The van der Waals surface area contributed by atoms with Crippen molar-refractivity contribution in [1.29, 1.82) is 0 Å². The zero-order chi connectivity index (χ0) is 21.7. The summed E-state index contributed by atoms with van der Waals surface area (Å²) in [6, 6.07) is 14.5. The van der Waals surface area contributed by atoms with Gasteiger partial charge in [0.15, 0.2) is 0 Å². The van der Waals surface area contributed by atoms with Crippen LogP contribution in [-0.4, -0.2) is 37.8 Å². The number of piperidine rings is 1. The van der Waals surface area contributed by atoms with Crippen molar-refractivity contribution in [1.82, 2.24) is 9.62 Å². The summed E-state index contributed by atoms with van der Waals surface area (Å²) < 4.78 is 33.0. The molecule has 2 aromatic rings. The zero-order valence-electron chi connectivity index (χ0n) is 17.8. The first-order valence-electron chi connectivity index (χ1n) is 10.4. The van der Waals surface area contributed by atoms with Crippen LogP contribution in [-0.2, 0) is 21.4 Å². The van der Waals surface area contributed by atoms with Crippen LogP contribution in [0.25, 0.3) is 0 Å². The molecule has 0 spiro atoms. The molecular weight excluding hydrogens is 400 g/mol. The lowest BCUT2D eigenvalue weighted by Crippen LogP contribution is -2.45. The molecule has 6 nitrogen and oxygen atoms in total. The second-order valence-electron chi connectivity index (χ2n) is 8.05. The Bertz CT molecular complexity index is 971. The van der Waals surface area contributed by atoms with E-state index in [1.165, 1.54) is 4.31 Å². The molecule has 2 aromatic carbocycles. The SMILES string of the molecule is Cc1ccc(S(=O)(=O)N2CCC[C@H](C(=O)NCc3cccc(OC(C)C)c3)C2)cc1. The predicted molar refractivity (Wildman–Crippen MR) is 117 cm³/mol. The number of carbonyl (C=O) groups is 1. The van der Waals surface area contributed by atoms with Gasteiger partial charge in [-0.15, -0.1) is 0 Å². The fourth-order valence-corrected chi connectivity index (χ4v) is 5.09. The molecule has 1 amide bonds. The summed E-state index contributed by atoms with van der Waals surface area (Å²) in [5, 5.41) is 2.95. The quantitative estimate of drug-likeness (QED) is 0.730. The monoisotopic (exact) mass is 430 g/mol. The van der Waals surface area contributed by atoms with Gasteiger partial charge < -0.3 is 10.1 Å². The highest BCUT2D eigenvalue weighted by Crippen LogP contribution is 2.24. The molecule has 0 bridgehead atoms. The number of hydrogen-bond acceptors (Lipinski definition) is 4. The number of rotatable bonds is 7. The number of nitrogens with zero attached hydrogens (tertiary/aromatic N) is 1. The molecule has 30 heavy (non-hydrogen) atoms. The molecule has 1 atom stereocenters. The minimum atomic E-state index is -3.59. The summed E-state index contributed by atoms with van der Waals surface area (Å²) >= 11 is 0. The van der Waals surface area contributed by atoms with Crippen molar-refractivity contribution in [3.05, 3.63) is 59.7 Å². The van der Waals surface area contributed by atoms with Crippen LogP contribution in [0.1, 0.15) is 37.8 Å². The number of ether oxygens (including phenoxy) is 1. The number of aryl methyl sites for hydroxylation is 1. The number of amides is 1. The number of benzene rings is 2. The fourth-order valence-electron chi connectivity index (χ4n) is 3.57. The van der Waals surface area contributed by atoms with Gasteiger partial charge in [0.2, 0.25) is 15.9 Å². The van der Waals surface area contributed by atoms with Crippen LogP contribution in [0.3, 0.4) is 0 Å². The number of carbonyl (C=O) groups excluding carboxylic acids is 1. The van der Waals surface area contributed by atoms with Gasteiger partial charge in [-0.25, -0.2) is 8.42 Å². The van der Waals surface area contributed by atoms with Gasteiger partial charge in [-0.1, -0.05) is 29.8 Å². The van der Waals surface area contributed by atoms with E-state index in [0.717, 1.165) is 16.9 Å². The molecule has 3 rings (SSSR count). The van der Waals surface area contributed by atoms with Crippen molar-refractivity contribution in [3.63, 3.8) is 0 Å². The minimum Gasteiger partial charge on any atom is -0.491 e. The molecule has 0 saturated carbocycles. The van der Waals surface area contributed by atoms with Crippen molar-refractivity contribution in [3.8, 4) is 5.75 Å². The van der Waals surface area contributed by atoms with E-state index in [4.69, 9.17) is 4.74 Å². The molecule has 162 valence electrons. The number of sulfonamides is 1. The van der Waals surface area contributed by atoms with Crippen LogP contribution in [0.4, 0.5) is 0 Å². The lowest BCUT2D eigenvalue weighted by atomic mass is 9.99. The summed E-state index contributed by atoms with van der Waals surface area (Å²) in [5.41, 5.74) is 1.95. The van der Waals surface area contributed by atoms with Gasteiger partial charge in [0.25, 0.3) is 0 Å². The molecule has 0 aromatic heterocycles. The molecule has 1 saturated heterocycles. The zero-order valence-corrected chi connectivity index (χ0v) is 18.6. The Kier molecular flexibility index (Phi) is 7.15. The van der Waals surface area contributed by atoms with Crippen LogP contribution in [0.5, 0.6) is 5.75 Å². The lowest BCUT2D eigenvalue weighted by Gasteiger charge is -2.31. The van der Waals surface area contributed by atoms with Crippen LogP contribution in [0.15, 0.2) is 53.4 Å². The molecule has 1 fully saturated rings. The van der Waals surface area contributed by atoms with E-state index in [-0.39, 0.29) is 29.4 Å². The molecule has 0 aliphatic carbocycles. The van der Waals surface area contributed by atoms with Crippen molar-refractivity contribution < 1.29 is 17.9 Å². The first-order valence-corrected chi connectivity index (χ1v) is 11.8. The van der Waals surface area contributed by atoms with Gasteiger partial charge in [-0.05, 0) is 63.4 Å². The average Bonchev–Trinajstić information content (AvgIpc) is 2.72. The Morgan fingerprint density at radius 2 is 1.93 bits per heavy atom. The maximum atomic E-state index is 13.0. The first kappa shape index (κ1) is 22.3. The average molecular weight is 431 g/mol. The van der Waals surface area contributed by atoms with Gasteiger partial charge in [0, 0.05) is 19.6 Å². The van der Waals surface area contributed by atoms with Gasteiger partial charge >= 0.3 is 0 Å². The van der Waals surface area contributed by atoms with Crippen LogP contribution in [0.2, 0.25) is 0 Å². The van der Waals surface area contributed by atoms with E-state index < -0.39 is 10.0 Å². The van der Waals surface area contributed by atoms with E-state index in [2.05, 4.69) is 5.32 Å². The van der Waals surface area contributed by atoms with E-state index in [1.807, 2.05) is 45.0 Å². The minimum absolute atomic E-state index is 0.0820. The Morgan fingerprint density at radius 3 is 2.63 bits per heavy atom. The number of nitrogens with one attached hydrogen (secondary N) is 1. The molecule has 1 aliphatic rings. The van der Waals surface area contributed by atoms with Crippen LogP contribution in [0, 0.1) is 12.8 Å². The van der Waals surface area contributed by atoms with Gasteiger partial charge in [0.05, 0.1) is 16.9 Å². The number of hydrogen-bond donors (Lipinski definition) is 1. The van der Waals surface area contributed by atoms with E-state index in [0.29, 0.717) is 25.9 Å². The van der Waals surface area contributed by atoms with Crippen molar-refractivity contribution in [2.45, 2.75) is 51.2 Å². The second-order valence-corrected chi connectivity index (χ2v) is 9.99. The maximum Gasteiger partial charge on any atom is 0.243 e. The standard InChI is InChI=1S/C23H30N2O4S/c1-17(2)29-21-8-4-6-19(14-21)15-24-23(26)20-7-5-13-25(16-20)30(27,28)22-11-9-18(3)10-12-22/h4,6,8-12,14,17,20H,5,7,13,15-16H2,1-3H3,(H,24,26)/t20-/m0/s1. The van der Waals surface area contributed by atoms with Gasteiger partial charge in [-0.3, -0.25) is 4.79 Å². The van der Waals surface area contributed by atoms with Crippen LogP contribution < -0.4 is 10.1 Å². The highest BCUT2D eigenvalue weighted by Gasteiger charge is 2.33. The van der Waals surface area contributed by atoms with Crippen molar-refractivity contribution >= 4 is 15.9 Å². The molecule has 7 heteroatoms. The third-order valence-corrected chi connectivity index (χ3v) is 7.03. The summed E-state index contributed by atoms with van der Waals surface area (Å²) in [6.45, 7) is 6.88. The van der Waals surface area contributed by atoms with Gasteiger partial charge in [-0.2, -0.15) is 4.31 Å². The smallest absolute Gasteiger partial charge is 0.243 e. The second kappa shape index (κ2) is 9.62. The Labute approximate surface area is 179 Å². The third kappa shape index (κ3) is 5.61. The highest BCUT2D eigenvalue weighted by molar-refractivity contribution is 7.89. The Morgan fingerprint density at radius 1 is 1.20 bits per heavy atom. The Hall–Kier alpha value is -2.38. The van der Waals surface area contributed by atoms with Crippen LogP contribution >= 0.6 is 0 Å². The molecule has 1 aliphatic heterocycles. The molecule has 0 radical (unpaired) electrons.